The van der Waals surface area contributed by atoms with Gasteiger partial charge in [-0.05, 0) is 103 Å². The van der Waals surface area contributed by atoms with Gasteiger partial charge in [0.1, 0.15) is 11.4 Å². The lowest BCUT2D eigenvalue weighted by Gasteiger charge is -2.32. The fourth-order valence-corrected chi connectivity index (χ4v) is 4.48. The SMILES string of the molecule is COCOc1cc(C)c(/C=C/COC2CCCCN(C(=O)OC(C)(C)C)C2)c(B2OC(C)(C)C(C)(C)O2)c1. The number of likely N-dealkylation sites (tertiary alicyclic amines) is 1. The Hall–Kier alpha value is -2.07. The van der Waals surface area contributed by atoms with E-state index in [4.69, 9.17) is 28.3 Å². The van der Waals surface area contributed by atoms with Crippen molar-refractivity contribution >= 4 is 24.8 Å². The van der Waals surface area contributed by atoms with Gasteiger partial charge in [-0.1, -0.05) is 12.2 Å². The van der Waals surface area contributed by atoms with Crippen LogP contribution >= 0.6 is 0 Å². The first-order valence-corrected chi connectivity index (χ1v) is 13.6. The Morgan fingerprint density at radius 2 is 1.84 bits per heavy atom. The van der Waals surface area contributed by atoms with Gasteiger partial charge in [0, 0.05) is 13.7 Å². The number of methoxy groups -OCH3 is 1. The highest BCUT2D eigenvalue weighted by Gasteiger charge is 2.52. The summed E-state index contributed by atoms with van der Waals surface area (Å²) in [5.74, 6) is 0.697. The maximum Gasteiger partial charge on any atom is 0.495 e. The van der Waals surface area contributed by atoms with Crippen molar-refractivity contribution in [2.45, 2.75) is 97.6 Å². The van der Waals surface area contributed by atoms with Crippen molar-refractivity contribution in [2.24, 2.45) is 0 Å². The molecule has 1 atom stereocenters. The van der Waals surface area contributed by atoms with Crippen LogP contribution in [0.5, 0.6) is 5.75 Å². The Balaban J connectivity index is 1.72. The average Bonchev–Trinajstić information content (AvgIpc) is 2.95. The van der Waals surface area contributed by atoms with Gasteiger partial charge in [0.25, 0.3) is 0 Å². The lowest BCUT2D eigenvalue weighted by Crippen LogP contribution is -2.41. The molecular formula is C29H46BNO7. The maximum atomic E-state index is 12.6. The molecule has 0 bridgehead atoms. The summed E-state index contributed by atoms with van der Waals surface area (Å²) in [7, 11) is 1.06. The number of ether oxygens (including phenoxy) is 4. The molecule has 9 heteroatoms. The lowest BCUT2D eigenvalue weighted by atomic mass is 9.74. The number of amides is 1. The molecule has 0 aliphatic carbocycles. The van der Waals surface area contributed by atoms with E-state index >= 15 is 0 Å². The summed E-state index contributed by atoms with van der Waals surface area (Å²) >= 11 is 0. The summed E-state index contributed by atoms with van der Waals surface area (Å²) in [5.41, 5.74) is 1.51. The van der Waals surface area contributed by atoms with Gasteiger partial charge in [-0.2, -0.15) is 0 Å². The molecule has 0 radical (unpaired) electrons. The topological polar surface area (TPSA) is 75.7 Å². The third-order valence-corrected chi connectivity index (χ3v) is 7.24. The molecule has 2 aliphatic rings. The van der Waals surface area contributed by atoms with Crippen molar-refractivity contribution in [3.05, 3.63) is 29.3 Å². The van der Waals surface area contributed by atoms with Crippen LogP contribution in [0.25, 0.3) is 6.08 Å². The Kier molecular flexibility index (Phi) is 9.95. The molecule has 1 amide bonds. The second kappa shape index (κ2) is 12.4. The Bertz CT molecular complexity index is 970. The fraction of sp³-hybridized carbons (Fsp3) is 0.690. The minimum Gasteiger partial charge on any atom is -0.468 e. The van der Waals surface area contributed by atoms with E-state index < -0.39 is 23.9 Å². The maximum absolute atomic E-state index is 12.6. The summed E-state index contributed by atoms with van der Waals surface area (Å²) < 4.78 is 35.4. The number of hydrogen-bond acceptors (Lipinski definition) is 7. The van der Waals surface area contributed by atoms with Gasteiger partial charge in [-0.3, -0.25) is 0 Å². The first-order chi connectivity index (χ1) is 17.7. The van der Waals surface area contributed by atoms with E-state index in [2.05, 4.69) is 6.08 Å². The third-order valence-electron chi connectivity index (χ3n) is 7.24. The van der Waals surface area contributed by atoms with Crippen molar-refractivity contribution in [3.8, 4) is 5.75 Å². The molecule has 1 aromatic rings. The first kappa shape index (κ1) is 30.5. The van der Waals surface area contributed by atoms with E-state index in [1.54, 1.807) is 12.0 Å². The van der Waals surface area contributed by atoms with Gasteiger partial charge in [0.05, 0.1) is 30.5 Å². The Labute approximate surface area is 229 Å². The number of benzene rings is 1. The second-order valence-corrected chi connectivity index (χ2v) is 12.2. The molecule has 2 saturated heterocycles. The van der Waals surface area contributed by atoms with Crippen molar-refractivity contribution in [2.75, 3.05) is 33.6 Å². The van der Waals surface area contributed by atoms with Crippen LogP contribution in [0.2, 0.25) is 0 Å². The molecule has 0 aromatic heterocycles. The number of hydrogen-bond donors (Lipinski definition) is 0. The number of rotatable bonds is 8. The van der Waals surface area contributed by atoms with E-state index in [0.717, 1.165) is 35.9 Å². The highest BCUT2D eigenvalue weighted by Crippen LogP contribution is 2.37. The highest BCUT2D eigenvalue weighted by atomic mass is 16.7. The summed E-state index contributed by atoms with van der Waals surface area (Å²) in [6.07, 6.45) is 6.63. The zero-order valence-electron chi connectivity index (χ0n) is 24.7. The number of aryl methyl sites for hydroxylation is 1. The van der Waals surface area contributed by atoms with Crippen molar-refractivity contribution in [3.63, 3.8) is 0 Å². The Morgan fingerprint density at radius 1 is 1.16 bits per heavy atom. The van der Waals surface area contributed by atoms with E-state index in [1.165, 1.54) is 0 Å². The summed E-state index contributed by atoms with van der Waals surface area (Å²) in [6.45, 7) is 17.7. The van der Waals surface area contributed by atoms with E-state index in [-0.39, 0.29) is 19.0 Å². The minimum atomic E-state index is -0.533. The number of carbonyl (C=O) groups is 1. The molecule has 1 unspecified atom stereocenters. The van der Waals surface area contributed by atoms with Crippen LogP contribution in [-0.4, -0.2) is 74.6 Å². The van der Waals surface area contributed by atoms with E-state index in [1.807, 2.05) is 73.6 Å². The highest BCUT2D eigenvalue weighted by molar-refractivity contribution is 6.63. The summed E-state index contributed by atoms with van der Waals surface area (Å²) in [5, 5.41) is 0. The minimum absolute atomic E-state index is 0.0387. The molecule has 212 valence electrons. The van der Waals surface area contributed by atoms with Gasteiger partial charge in [-0.15, -0.1) is 0 Å². The second-order valence-electron chi connectivity index (χ2n) is 12.2. The third kappa shape index (κ3) is 7.98. The van der Waals surface area contributed by atoms with E-state index in [0.29, 0.717) is 25.4 Å². The first-order valence-electron chi connectivity index (χ1n) is 13.6. The Morgan fingerprint density at radius 3 is 2.47 bits per heavy atom. The molecule has 0 spiro atoms. The van der Waals surface area contributed by atoms with Crippen LogP contribution in [0.15, 0.2) is 18.2 Å². The molecule has 3 rings (SSSR count). The van der Waals surface area contributed by atoms with Gasteiger partial charge in [0.2, 0.25) is 0 Å². The molecule has 1 aromatic carbocycles. The van der Waals surface area contributed by atoms with Crippen LogP contribution in [0.3, 0.4) is 0 Å². The molecule has 8 nitrogen and oxygen atoms in total. The smallest absolute Gasteiger partial charge is 0.468 e. The van der Waals surface area contributed by atoms with Crippen molar-refractivity contribution < 1.29 is 33.1 Å². The zero-order valence-corrected chi connectivity index (χ0v) is 24.7. The van der Waals surface area contributed by atoms with Gasteiger partial charge in [-0.25, -0.2) is 4.79 Å². The molecule has 0 N–H and O–H groups in total. The fourth-order valence-electron chi connectivity index (χ4n) is 4.48. The van der Waals surface area contributed by atoms with Gasteiger partial charge in [0.15, 0.2) is 6.79 Å². The lowest BCUT2D eigenvalue weighted by molar-refractivity contribution is 0.00578. The van der Waals surface area contributed by atoms with E-state index in [9.17, 15) is 4.79 Å². The molecule has 2 heterocycles. The van der Waals surface area contributed by atoms with Crippen LogP contribution in [-0.2, 0) is 23.5 Å². The quantitative estimate of drug-likeness (QED) is 0.342. The monoisotopic (exact) mass is 531 g/mol. The predicted molar refractivity (Wildman–Crippen MR) is 150 cm³/mol. The predicted octanol–water partition coefficient (Wildman–Crippen LogP) is 5.10. The molecule has 2 fully saturated rings. The van der Waals surface area contributed by atoms with Gasteiger partial charge >= 0.3 is 13.2 Å². The van der Waals surface area contributed by atoms with Crippen molar-refractivity contribution in [1.29, 1.82) is 0 Å². The molecule has 2 aliphatic heterocycles. The summed E-state index contributed by atoms with van der Waals surface area (Å²) in [4.78, 5) is 14.4. The molecule has 0 saturated carbocycles. The standard InChI is InChI=1S/C29H46BNO7/c1-21-17-23(35-20-33-9)18-25(30-37-28(5,6)29(7,8)38-30)24(21)14-12-16-34-22-13-10-11-15-31(19-22)26(32)36-27(2,3)4/h12,14,17-18,22H,10-11,13,15-16,19-20H2,1-9H3/b14-12+. The van der Waals surface area contributed by atoms with Crippen LogP contribution < -0.4 is 10.2 Å². The van der Waals surface area contributed by atoms with Crippen LogP contribution in [0.4, 0.5) is 4.79 Å². The summed E-state index contributed by atoms with van der Waals surface area (Å²) in [6, 6.07) is 3.94. The zero-order chi connectivity index (χ0) is 28.1. The number of carbonyl (C=O) groups excluding carboxylic acids is 1. The number of nitrogens with zero attached hydrogens (tertiary/aromatic N) is 1. The van der Waals surface area contributed by atoms with Crippen LogP contribution in [0.1, 0.15) is 78.9 Å². The molecular weight excluding hydrogens is 485 g/mol. The van der Waals surface area contributed by atoms with Crippen molar-refractivity contribution in [1.82, 2.24) is 4.90 Å². The van der Waals surface area contributed by atoms with Gasteiger partial charge < -0.3 is 33.2 Å². The largest absolute Gasteiger partial charge is 0.495 e. The average molecular weight is 531 g/mol. The van der Waals surface area contributed by atoms with Crippen LogP contribution in [0, 0.1) is 6.92 Å². The normalized spacial score (nSPS) is 21.6. The molecule has 38 heavy (non-hydrogen) atoms.